The summed E-state index contributed by atoms with van der Waals surface area (Å²) in [5, 5.41) is 0. The highest BCUT2D eigenvalue weighted by molar-refractivity contribution is 5.83. The summed E-state index contributed by atoms with van der Waals surface area (Å²) in [5.74, 6) is 0. The zero-order chi connectivity index (χ0) is 14.8. The monoisotopic (exact) mass is 273 g/mol. The Balaban J connectivity index is 2.26. The van der Waals surface area contributed by atoms with Gasteiger partial charge in [-0.25, -0.2) is 0 Å². The molecule has 0 N–H and O–H groups in total. The second-order valence-electron chi connectivity index (χ2n) is 5.54. The summed E-state index contributed by atoms with van der Waals surface area (Å²) in [5.41, 5.74) is 8.63. The average molecular weight is 273 g/mol. The highest BCUT2D eigenvalue weighted by atomic mass is 14.7. The SMILES string of the molecule is Cc1cc(C)c(-c2cccnc2-c2ccccc2)c(C)c1. The molecule has 0 aliphatic heterocycles. The van der Waals surface area contributed by atoms with Crippen LogP contribution >= 0.6 is 0 Å². The van der Waals surface area contributed by atoms with Crippen molar-refractivity contribution in [2.24, 2.45) is 0 Å². The van der Waals surface area contributed by atoms with Gasteiger partial charge in [-0.3, -0.25) is 4.98 Å². The van der Waals surface area contributed by atoms with Gasteiger partial charge in [-0.15, -0.1) is 0 Å². The lowest BCUT2D eigenvalue weighted by Gasteiger charge is -2.15. The van der Waals surface area contributed by atoms with Gasteiger partial charge < -0.3 is 0 Å². The third-order valence-corrected chi connectivity index (χ3v) is 3.80. The van der Waals surface area contributed by atoms with Gasteiger partial charge >= 0.3 is 0 Å². The molecule has 104 valence electrons. The maximum absolute atomic E-state index is 4.63. The molecule has 3 rings (SSSR count). The third kappa shape index (κ3) is 2.59. The first kappa shape index (κ1) is 13.6. The van der Waals surface area contributed by atoms with E-state index in [2.05, 4.69) is 68.2 Å². The molecular weight excluding hydrogens is 254 g/mol. The van der Waals surface area contributed by atoms with Gasteiger partial charge in [-0.1, -0.05) is 54.1 Å². The Morgan fingerprint density at radius 1 is 0.762 bits per heavy atom. The fourth-order valence-electron chi connectivity index (χ4n) is 3.04. The van der Waals surface area contributed by atoms with E-state index < -0.39 is 0 Å². The lowest BCUT2D eigenvalue weighted by Crippen LogP contribution is -1.94. The molecule has 2 aromatic carbocycles. The topological polar surface area (TPSA) is 12.9 Å². The molecule has 0 saturated carbocycles. The molecular formula is C20H19N. The van der Waals surface area contributed by atoms with E-state index in [0.29, 0.717) is 0 Å². The van der Waals surface area contributed by atoms with Crippen molar-refractivity contribution in [2.45, 2.75) is 20.8 Å². The Kier molecular flexibility index (Phi) is 3.57. The van der Waals surface area contributed by atoms with Crippen molar-refractivity contribution < 1.29 is 0 Å². The van der Waals surface area contributed by atoms with E-state index in [4.69, 9.17) is 0 Å². The van der Waals surface area contributed by atoms with Crippen LogP contribution in [0.25, 0.3) is 22.4 Å². The predicted octanol–water partition coefficient (Wildman–Crippen LogP) is 5.34. The molecule has 1 nitrogen and oxygen atoms in total. The van der Waals surface area contributed by atoms with Crippen LogP contribution in [-0.4, -0.2) is 4.98 Å². The summed E-state index contributed by atoms with van der Waals surface area (Å²) < 4.78 is 0. The Labute approximate surface area is 126 Å². The number of aromatic nitrogens is 1. The van der Waals surface area contributed by atoms with Gasteiger partial charge in [0.05, 0.1) is 5.69 Å². The molecule has 0 bridgehead atoms. The zero-order valence-corrected chi connectivity index (χ0v) is 12.7. The van der Waals surface area contributed by atoms with Crippen molar-refractivity contribution in [1.29, 1.82) is 0 Å². The summed E-state index contributed by atoms with van der Waals surface area (Å²) in [7, 11) is 0. The van der Waals surface area contributed by atoms with Crippen molar-refractivity contribution in [3.05, 3.63) is 77.5 Å². The number of pyridine rings is 1. The lowest BCUT2D eigenvalue weighted by atomic mass is 9.91. The summed E-state index contributed by atoms with van der Waals surface area (Å²) in [6.45, 7) is 6.50. The van der Waals surface area contributed by atoms with Crippen molar-refractivity contribution in [1.82, 2.24) is 4.98 Å². The molecule has 1 heterocycles. The van der Waals surface area contributed by atoms with Crippen LogP contribution in [0.1, 0.15) is 16.7 Å². The van der Waals surface area contributed by atoms with Gasteiger partial charge in [-0.2, -0.15) is 0 Å². The van der Waals surface area contributed by atoms with Crippen LogP contribution in [0.5, 0.6) is 0 Å². The fraction of sp³-hybridized carbons (Fsp3) is 0.150. The minimum absolute atomic E-state index is 1.05. The summed E-state index contributed by atoms with van der Waals surface area (Å²) >= 11 is 0. The van der Waals surface area contributed by atoms with Crippen LogP contribution in [0, 0.1) is 20.8 Å². The van der Waals surface area contributed by atoms with Gasteiger partial charge in [0.2, 0.25) is 0 Å². The van der Waals surface area contributed by atoms with Crippen molar-refractivity contribution in [3.8, 4) is 22.4 Å². The summed E-state index contributed by atoms with van der Waals surface area (Å²) in [6, 6.07) is 19.0. The molecule has 0 fully saturated rings. The largest absolute Gasteiger partial charge is 0.256 e. The maximum Gasteiger partial charge on any atom is 0.0780 e. The molecule has 0 aliphatic rings. The quantitative estimate of drug-likeness (QED) is 0.614. The Bertz CT molecular complexity index is 750. The van der Waals surface area contributed by atoms with E-state index >= 15 is 0 Å². The average Bonchev–Trinajstić information content (AvgIpc) is 2.48. The first-order chi connectivity index (χ1) is 10.2. The van der Waals surface area contributed by atoms with Gasteiger partial charge in [0.15, 0.2) is 0 Å². The van der Waals surface area contributed by atoms with Crippen LogP contribution in [0.2, 0.25) is 0 Å². The van der Waals surface area contributed by atoms with E-state index in [1.807, 2.05) is 18.3 Å². The number of hydrogen-bond donors (Lipinski definition) is 0. The molecule has 0 saturated heterocycles. The van der Waals surface area contributed by atoms with E-state index in [1.54, 1.807) is 0 Å². The van der Waals surface area contributed by atoms with Gasteiger partial charge in [0, 0.05) is 17.3 Å². The Hall–Kier alpha value is -2.41. The minimum atomic E-state index is 1.05. The number of nitrogens with zero attached hydrogens (tertiary/aromatic N) is 1. The minimum Gasteiger partial charge on any atom is -0.256 e. The van der Waals surface area contributed by atoms with E-state index in [9.17, 15) is 0 Å². The molecule has 3 aromatic rings. The summed E-state index contributed by atoms with van der Waals surface area (Å²) in [4.78, 5) is 4.63. The first-order valence-electron chi connectivity index (χ1n) is 7.25. The van der Waals surface area contributed by atoms with Crippen molar-refractivity contribution in [2.75, 3.05) is 0 Å². The smallest absolute Gasteiger partial charge is 0.0780 e. The van der Waals surface area contributed by atoms with Gasteiger partial charge in [-0.05, 0) is 43.5 Å². The molecule has 0 spiro atoms. The molecule has 0 aliphatic carbocycles. The molecule has 1 aromatic heterocycles. The van der Waals surface area contributed by atoms with Crippen molar-refractivity contribution >= 4 is 0 Å². The van der Waals surface area contributed by atoms with E-state index in [-0.39, 0.29) is 0 Å². The molecule has 0 atom stereocenters. The highest BCUT2D eigenvalue weighted by Gasteiger charge is 2.12. The normalized spacial score (nSPS) is 10.6. The standard InChI is InChI=1S/C20H19N/c1-14-12-15(2)19(16(3)13-14)18-10-7-11-21-20(18)17-8-5-4-6-9-17/h4-13H,1-3H3. The van der Waals surface area contributed by atoms with E-state index in [0.717, 1.165) is 11.3 Å². The molecule has 0 unspecified atom stereocenters. The fourth-order valence-corrected chi connectivity index (χ4v) is 3.04. The number of rotatable bonds is 2. The van der Waals surface area contributed by atoms with Gasteiger partial charge in [0.1, 0.15) is 0 Å². The zero-order valence-electron chi connectivity index (χ0n) is 12.7. The second-order valence-corrected chi connectivity index (χ2v) is 5.54. The maximum atomic E-state index is 4.63. The van der Waals surface area contributed by atoms with Crippen LogP contribution in [0.15, 0.2) is 60.8 Å². The third-order valence-electron chi connectivity index (χ3n) is 3.80. The van der Waals surface area contributed by atoms with Crippen LogP contribution in [-0.2, 0) is 0 Å². The molecule has 0 amide bonds. The van der Waals surface area contributed by atoms with Crippen LogP contribution < -0.4 is 0 Å². The lowest BCUT2D eigenvalue weighted by molar-refractivity contribution is 1.28. The number of benzene rings is 2. The predicted molar refractivity (Wildman–Crippen MR) is 89.3 cm³/mol. The molecule has 21 heavy (non-hydrogen) atoms. The van der Waals surface area contributed by atoms with Crippen LogP contribution in [0.3, 0.4) is 0 Å². The Morgan fingerprint density at radius 3 is 2.10 bits per heavy atom. The molecule has 0 radical (unpaired) electrons. The van der Waals surface area contributed by atoms with Crippen LogP contribution in [0.4, 0.5) is 0 Å². The van der Waals surface area contributed by atoms with E-state index in [1.165, 1.54) is 27.8 Å². The van der Waals surface area contributed by atoms with Gasteiger partial charge in [0.25, 0.3) is 0 Å². The number of aryl methyl sites for hydroxylation is 3. The molecule has 1 heteroatoms. The second kappa shape index (κ2) is 5.53. The van der Waals surface area contributed by atoms with Crippen molar-refractivity contribution in [3.63, 3.8) is 0 Å². The highest BCUT2D eigenvalue weighted by Crippen LogP contribution is 2.34. The number of hydrogen-bond acceptors (Lipinski definition) is 1. The Morgan fingerprint density at radius 2 is 1.43 bits per heavy atom. The first-order valence-corrected chi connectivity index (χ1v) is 7.25. The summed E-state index contributed by atoms with van der Waals surface area (Å²) in [6.07, 6.45) is 1.87.